The van der Waals surface area contributed by atoms with Crippen LogP contribution in [0.15, 0.2) is 17.0 Å². The molecule has 2 rings (SSSR count). The quantitative estimate of drug-likeness (QED) is 0.634. The van der Waals surface area contributed by atoms with Gasteiger partial charge in [0.2, 0.25) is 0 Å². The number of benzene rings is 1. The van der Waals surface area contributed by atoms with E-state index in [2.05, 4.69) is 53.7 Å². The summed E-state index contributed by atoms with van der Waals surface area (Å²) >= 11 is 1.98. The Morgan fingerprint density at radius 1 is 1.19 bits per heavy atom. The van der Waals surface area contributed by atoms with Gasteiger partial charge in [-0.1, -0.05) is 40.7 Å². The molecule has 0 spiro atoms. The molecule has 1 aromatic carbocycles. The van der Waals surface area contributed by atoms with Gasteiger partial charge in [-0.25, -0.2) is 0 Å². The van der Waals surface area contributed by atoms with Crippen molar-refractivity contribution in [1.82, 2.24) is 0 Å². The summed E-state index contributed by atoms with van der Waals surface area (Å²) in [6, 6.07) is 4.80. The van der Waals surface area contributed by atoms with Crippen molar-refractivity contribution in [2.75, 3.05) is 0 Å². The molecule has 1 heteroatoms. The fourth-order valence-corrected chi connectivity index (χ4v) is 3.49. The Hall–Kier alpha value is -0.430. The number of fused-ring (bicyclic) bond motifs is 1. The molecule has 0 N–H and O–H groups in total. The molecule has 16 heavy (non-hydrogen) atoms. The van der Waals surface area contributed by atoms with E-state index in [-0.39, 0.29) is 0 Å². The molecule has 0 atom stereocenters. The van der Waals surface area contributed by atoms with E-state index < -0.39 is 0 Å². The Kier molecular flexibility index (Phi) is 2.66. The first-order chi connectivity index (χ1) is 7.19. The van der Waals surface area contributed by atoms with Crippen molar-refractivity contribution in [3.8, 4) is 0 Å². The molecule has 88 valence electrons. The maximum atomic E-state index is 2.41. The predicted octanol–water partition coefficient (Wildman–Crippen LogP) is 4.72. The van der Waals surface area contributed by atoms with Crippen molar-refractivity contribution < 1.29 is 0 Å². The maximum absolute atomic E-state index is 2.41. The van der Waals surface area contributed by atoms with Crippen molar-refractivity contribution in [3.05, 3.63) is 28.8 Å². The number of aryl methyl sites for hydroxylation is 1. The van der Waals surface area contributed by atoms with Crippen molar-refractivity contribution in [1.29, 1.82) is 0 Å². The number of hydrogen-bond acceptors (Lipinski definition) is 1. The second-order valence-corrected chi connectivity index (χ2v) is 8.42. The van der Waals surface area contributed by atoms with Crippen LogP contribution in [0, 0.1) is 6.92 Å². The van der Waals surface area contributed by atoms with Gasteiger partial charge in [-0.3, -0.25) is 0 Å². The molecule has 0 radical (unpaired) electrons. The smallest absolute Gasteiger partial charge is 0.0122 e. The van der Waals surface area contributed by atoms with E-state index in [9.17, 15) is 0 Å². The molecule has 0 saturated heterocycles. The van der Waals surface area contributed by atoms with Crippen molar-refractivity contribution in [2.24, 2.45) is 0 Å². The average molecular weight is 234 g/mol. The van der Waals surface area contributed by atoms with E-state index in [1.165, 1.54) is 16.9 Å². The minimum absolute atomic E-state index is 0.304. The summed E-state index contributed by atoms with van der Waals surface area (Å²) < 4.78 is 0.304. The molecule has 0 bridgehead atoms. The van der Waals surface area contributed by atoms with Crippen molar-refractivity contribution in [2.45, 2.75) is 63.0 Å². The molecule has 0 unspecified atom stereocenters. The standard InChI is InChI=1S/C15H22S/c1-10-7-12-11(9-15(12,5)6)8-13(10)16-14(2,3)4/h7-8H,9H2,1-6H3. The summed E-state index contributed by atoms with van der Waals surface area (Å²) in [5.74, 6) is 0. The van der Waals surface area contributed by atoms with E-state index in [0.29, 0.717) is 10.2 Å². The molecule has 0 saturated carbocycles. The van der Waals surface area contributed by atoms with Gasteiger partial charge in [-0.2, -0.15) is 0 Å². The Morgan fingerprint density at radius 3 is 2.31 bits per heavy atom. The minimum Gasteiger partial charge on any atom is -0.120 e. The zero-order valence-electron chi connectivity index (χ0n) is 11.3. The van der Waals surface area contributed by atoms with E-state index in [1.54, 1.807) is 11.1 Å². The van der Waals surface area contributed by atoms with Crippen LogP contribution >= 0.6 is 11.8 Å². The fraction of sp³-hybridized carbons (Fsp3) is 0.600. The highest BCUT2D eigenvalue weighted by Crippen LogP contribution is 2.44. The molecule has 0 fully saturated rings. The second kappa shape index (κ2) is 3.53. The van der Waals surface area contributed by atoms with E-state index in [0.717, 1.165) is 0 Å². The molecule has 0 amide bonds. The highest BCUT2D eigenvalue weighted by Gasteiger charge is 2.34. The Morgan fingerprint density at radius 2 is 1.81 bits per heavy atom. The largest absolute Gasteiger partial charge is 0.120 e. The lowest BCUT2D eigenvalue weighted by molar-refractivity contribution is 0.453. The minimum atomic E-state index is 0.304. The zero-order chi connectivity index (χ0) is 12.1. The van der Waals surface area contributed by atoms with Crippen LogP contribution in [0.25, 0.3) is 0 Å². The normalized spacial score (nSPS) is 17.9. The summed E-state index contributed by atoms with van der Waals surface area (Å²) in [5.41, 5.74) is 4.96. The first-order valence-electron chi connectivity index (χ1n) is 6.02. The van der Waals surface area contributed by atoms with E-state index in [1.807, 2.05) is 11.8 Å². The highest BCUT2D eigenvalue weighted by molar-refractivity contribution is 8.00. The van der Waals surface area contributed by atoms with Crippen LogP contribution in [-0.4, -0.2) is 4.75 Å². The number of thioether (sulfide) groups is 1. The van der Waals surface area contributed by atoms with Gasteiger partial charge in [0.1, 0.15) is 0 Å². The SMILES string of the molecule is Cc1cc2c(cc1SC(C)(C)C)CC2(C)C. The lowest BCUT2D eigenvalue weighted by Gasteiger charge is -2.39. The van der Waals surface area contributed by atoms with Gasteiger partial charge in [-0.15, -0.1) is 11.8 Å². The van der Waals surface area contributed by atoms with Crippen LogP contribution in [-0.2, 0) is 11.8 Å². The summed E-state index contributed by atoms with van der Waals surface area (Å²) in [6.07, 6.45) is 1.24. The molecule has 0 aliphatic heterocycles. The van der Waals surface area contributed by atoms with Crippen LogP contribution in [0.5, 0.6) is 0 Å². The third kappa shape index (κ3) is 2.15. The monoisotopic (exact) mass is 234 g/mol. The van der Waals surface area contributed by atoms with Gasteiger partial charge in [0.25, 0.3) is 0 Å². The second-order valence-electron chi connectivity index (χ2n) is 6.55. The Labute approximate surface area is 104 Å². The van der Waals surface area contributed by atoms with Crippen LogP contribution < -0.4 is 0 Å². The van der Waals surface area contributed by atoms with Crippen LogP contribution in [0.2, 0.25) is 0 Å². The average Bonchev–Trinajstić information content (AvgIpc) is 2.07. The van der Waals surface area contributed by atoms with Gasteiger partial charge < -0.3 is 0 Å². The molecular formula is C15H22S. The van der Waals surface area contributed by atoms with E-state index in [4.69, 9.17) is 0 Å². The third-order valence-electron chi connectivity index (χ3n) is 3.18. The molecule has 0 aromatic heterocycles. The Bertz CT molecular complexity index is 422. The number of rotatable bonds is 1. The van der Waals surface area contributed by atoms with Crippen LogP contribution in [0.3, 0.4) is 0 Å². The summed E-state index contributed by atoms with van der Waals surface area (Å²) in [7, 11) is 0. The van der Waals surface area contributed by atoms with Crippen molar-refractivity contribution >= 4 is 11.8 Å². The highest BCUT2D eigenvalue weighted by atomic mass is 32.2. The van der Waals surface area contributed by atoms with Gasteiger partial charge in [0, 0.05) is 9.64 Å². The fourth-order valence-electron chi connectivity index (χ4n) is 2.41. The van der Waals surface area contributed by atoms with Crippen LogP contribution in [0.4, 0.5) is 0 Å². The molecule has 1 aliphatic carbocycles. The topological polar surface area (TPSA) is 0 Å². The summed E-state index contributed by atoms with van der Waals surface area (Å²) in [4.78, 5) is 1.46. The predicted molar refractivity (Wildman–Crippen MR) is 73.5 cm³/mol. The summed E-state index contributed by atoms with van der Waals surface area (Å²) in [5, 5.41) is 0. The first-order valence-corrected chi connectivity index (χ1v) is 6.84. The van der Waals surface area contributed by atoms with Gasteiger partial charge in [0.05, 0.1) is 0 Å². The Balaban J connectivity index is 2.34. The first kappa shape index (κ1) is 12.0. The van der Waals surface area contributed by atoms with Gasteiger partial charge >= 0.3 is 0 Å². The molecule has 1 aliphatic rings. The lowest BCUT2D eigenvalue weighted by atomic mass is 9.66. The van der Waals surface area contributed by atoms with E-state index >= 15 is 0 Å². The number of hydrogen-bond donors (Lipinski definition) is 0. The maximum Gasteiger partial charge on any atom is 0.0122 e. The third-order valence-corrected chi connectivity index (χ3v) is 4.45. The molecule has 0 heterocycles. The van der Waals surface area contributed by atoms with Crippen LogP contribution in [0.1, 0.15) is 51.3 Å². The van der Waals surface area contributed by atoms with Gasteiger partial charge in [-0.05, 0) is 41.5 Å². The molecular weight excluding hydrogens is 212 g/mol. The van der Waals surface area contributed by atoms with Crippen molar-refractivity contribution in [3.63, 3.8) is 0 Å². The summed E-state index contributed by atoms with van der Waals surface area (Å²) in [6.45, 7) is 13.8. The molecule has 1 aromatic rings. The van der Waals surface area contributed by atoms with Gasteiger partial charge in [0.15, 0.2) is 0 Å². The molecule has 0 nitrogen and oxygen atoms in total. The zero-order valence-corrected chi connectivity index (χ0v) is 12.1. The lowest BCUT2D eigenvalue weighted by Crippen LogP contribution is -2.32.